The lowest BCUT2D eigenvalue weighted by Crippen LogP contribution is -2.28. The van der Waals surface area contributed by atoms with Gasteiger partial charge >= 0.3 is 0 Å². The van der Waals surface area contributed by atoms with E-state index in [-0.39, 0.29) is 11.9 Å². The molecule has 0 aromatic carbocycles. The molecule has 0 spiro atoms. The van der Waals surface area contributed by atoms with Crippen molar-refractivity contribution in [2.45, 2.75) is 13.0 Å². The Bertz CT molecular complexity index is 528. The van der Waals surface area contributed by atoms with Crippen LogP contribution >= 0.6 is 0 Å². The standard InChI is InChI=1S/C10H14N6O/c1-7(8-4-12-15(2)6-8)13-10(17)9-5-11-14-16(9)3/h4-7H,1-3H3,(H,13,17). The second kappa shape index (κ2) is 4.36. The summed E-state index contributed by atoms with van der Waals surface area (Å²) in [6, 6.07) is -0.105. The Hall–Kier alpha value is -2.18. The highest BCUT2D eigenvalue weighted by atomic mass is 16.2. The summed E-state index contributed by atoms with van der Waals surface area (Å²) in [6.45, 7) is 1.90. The maximum absolute atomic E-state index is 11.9. The van der Waals surface area contributed by atoms with E-state index in [0.29, 0.717) is 5.69 Å². The summed E-state index contributed by atoms with van der Waals surface area (Å²) in [5, 5.41) is 14.3. The maximum atomic E-state index is 11.9. The number of aryl methyl sites for hydroxylation is 2. The molecular formula is C10H14N6O. The van der Waals surface area contributed by atoms with Crippen molar-refractivity contribution in [2.24, 2.45) is 14.1 Å². The van der Waals surface area contributed by atoms with E-state index in [9.17, 15) is 4.79 Å². The van der Waals surface area contributed by atoms with Crippen LogP contribution in [0.2, 0.25) is 0 Å². The fourth-order valence-corrected chi connectivity index (χ4v) is 1.51. The van der Waals surface area contributed by atoms with E-state index in [1.165, 1.54) is 10.9 Å². The Labute approximate surface area is 98.4 Å². The van der Waals surface area contributed by atoms with Crippen molar-refractivity contribution in [2.75, 3.05) is 0 Å². The van der Waals surface area contributed by atoms with Crippen LogP contribution in [0.3, 0.4) is 0 Å². The van der Waals surface area contributed by atoms with Gasteiger partial charge in [-0.3, -0.25) is 9.48 Å². The average molecular weight is 234 g/mol. The van der Waals surface area contributed by atoms with Gasteiger partial charge in [0.05, 0.1) is 18.4 Å². The molecule has 0 radical (unpaired) electrons. The van der Waals surface area contributed by atoms with Gasteiger partial charge in [-0.05, 0) is 6.92 Å². The van der Waals surface area contributed by atoms with E-state index in [2.05, 4.69) is 20.7 Å². The van der Waals surface area contributed by atoms with Gasteiger partial charge in [-0.25, -0.2) is 4.68 Å². The molecule has 2 aromatic rings. The molecule has 2 heterocycles. The zero-order valence-electron chi connectivity index (χ0n) is 9.95. The monoisotopic (exact) mass is 234 g/mol. The summed E-state index contributed by atoms with van der Waals surface area (Å²) < 4.78 is 3.13. The topological polar surface area (TPSA) is 77.6 Å². The van der Waals surface area contributed by atoms with Gasteiger partial charge < -0.3 is 5.32 Å². The third-order valence-electron chi connectivity index (χ3n) is 2.52. The molecule has 0 aliphatic rings. The number of aromatic nitrogens is 5. The van der Waals surface area contributed by atoms with Crippen molar-refractivity contribution in [3.63, 3.8) is 0 Å². The van der Waals surface area contributed by atoms with Gasteiger partial charge in [0.15, 0.2) is 0 Å². The van der Waals surface area contributed by atoms with Crippen molar-refractivity contribution in [1.29, 1.82) is 0 Å². The second-order valence-electron chi connectivity index (χ2n) is 3.89. The summed E-state index contributed by atoms with van der Waals surface area (Å²) in [6.07, 6.45) is 5.03. The number of amides is 1. The third-order valence-corrected chi connectivity index (χ3v) is 2.52. The Balaban J connectivity index is 2.07. The quantitative estimate of drug-likeness (QED) is 0.813. The zero-order valence-corrected chi connectivity index (χ0v) is 9.95. The van der Waals surface area contributed by atoms with Gasteiger partial charge in [0.1, 0.15) is 5.69 Å². The summed E-state index contributed by atoms with van der Waals surface area (Å²) >= 11 is 0. The van der Waals surface area contributed by atoms with Crippen LogP contribution in [-0.2, 0) is 14.1 Å². The van der Waals surface area contributed by atoms with Crippen molar-refractivity contribution in [3.8, 4) is 0 Å². The van der Waals surface area contributed by atoms with Crippen LogP contribution in [0.1, 0.15) is 29.0 Å². The zero-order chi connectivity index (χ0) is 12.4. The van der Waals surface area contributed by atoms with E-state index in [0.717, 1.165) is 5.56 Å². The minimum Gasteiger partial charge on any atom is -0.344 e. The molecule has 1 unspecified atom stereocenters. The fraction of sp³-hybridized carbons (Fsp3) is 0.400. The minimum absolute atomic E-state index is 0.105. The lowest BCUT2D eigenvalue weighted by molar-refractivity contribution is 0.0930. The lowest BCUT2D eigenvalue weighted by Gasteiger charge is -2.11. The molecular weight excluding hydrogens is 220 g/mol. The highest BCUT2D eigenvalue weighted by molar-refractivity contribution is 5.92. The Morgan fingerprint density at radius 1 is 1.41 bits per heavy atom. The number of rotatable bonds is 3. The van der Waals surface area contributed by atoms with Crippen LogP contribution < -0.4 is 5.32 Å². The Morgan fingerprint density at radius 2 is 2.18 bits per heavy atom. The van der Waals surface area contributed by atoms with E-state index in [1.54, 1.807) is 17.9 Å². The molecule has 17 heavy (non-hydrogen) atoms. The van der Waals surface area contributed by atoms with Crippen molar-refractivity contribution < 1.29 is 4.79 Å². The molecule has 1 N–H and O–H groups in total. The van der Waals surface area contributed by atoms with Crippen LogP contribution in [0, 0.1) is 0 Å². The number of hydrogen-bond acceptors (Lipinski definition) is 4. The molecule has 0 fully saturated rings. The first kappa shape index (κ1) is 11.3. The molecule has 2 rings (SSSR count). The lowest BCUT2D eigenvalue weighted by atomic mass is 10.2. The van der Waals surface area contributed by atoms with Crippen LogP contribution in [-0.4, -0.2) is 30.7 Å². The van der Waals surface area contributed by atoms with Gasteiger partial charge in [0.2, 0.25) is 0 Å². The Morgan fingerprint density at radius 3 is 2.71 bits per heavy atom. The minimum atomic E-state index is -0.200. The molecule has 0 bridgehead atoms. The summed E-state index contributed by atoms with van der Waals surface area (Å²) in [7, 11) is 3.51. The van der Waals surface area contributed by atoms with E-state index in [1.807, 2.05) is 20.2 Å². The molecule has 1 atom stereocenters. The SMILES string of the molecule is CC(NC(=O)c1cnnn1C)c1cnn(C)c1. The van der Waals surface area contributed by atoms with Gasteiger partial charge in [0.25, 0.3) is 5.91 Å². The van der Waals surface area contributed by atoms with E-state index >= 15 is 0 Å². The van der Waals surface area contributed by atoms with Crippen LogP contribution in [0.25, 0.3) is 0 Å². The number of carbonyl (C=O) groups is 1. The summed E-state index contributed by atoms with van der Waals surface area (Å²) in [5.41, 5.74) is 1.39. The number of carbonyl (C=O) groups excluding carboxylic acids is 1. The average Bonchev–Trinajstić information content (AvgIpc) is 2.86. The van der Waals surface area contributed by atoms with Crippen LogP contribution in [0.15, 0.2) is 18.6 Å². The normalized spacial score (nSPS) is 12.4. The van der Waals surface area contributed by atoms with Gasteiger partial charge in [0, 0.05) is 25.9 Å². The maximum Gasteiger partial charge on any atom is 0.271 e. The molecule has 0 saturated heterocycles. The molecule has 90 valence electrons. The first-order chi connectivity index (χ1) is 8.08. The van der Waals surface area contributed by atoms with Crippen molar-refractivity contribution >= 4 is 5.91 Å². The fourth-order valence-electron chi connectivity index (χ4n) is 1.51. The molecule has 2 aromatic heterocycles. The number of nitrogens with one attached hydrogen (secondary N) is 1. The molecule has 7 heteroatoms. The molecule has 0 aliphatic heterocycles. The van der Waals surface area contributed by atoms with E-state index in [4.69, 9.17) is 0 Å². The molecule has 7 nitrogen and oxygen atoms in total. The van der Waals surface area contributed by atoms with Crippen molar-refractivity contribution in [1.82, 2.24) is 30.1 Å². The van der Waals surface area contributed by atoms with Crippen LogP contribution in [0.4, 0.5) is 0 Å². The van der Waals surface area contributed by atoms with E-state index < -0.39 is 0 Å². The molecule has 0 aliphatic carbocycles. The highest BCUT2D eigenvalue weighted by Crippen LogP contribution is 2.11. The summed E-state index contributed by atoms with van der Waals surface area (Å²) in [5.74, 6) is -0.200. The molecule has 1 amide bonds. The molecule has 0 saturated carbocycles. The Kier molecular flexibility index (Phi) is 2.90. The van der Waals surface area contributed by atoms with Crippen molar-refractivity contribution in [3.05, 3.63) is 29.8 Å². The smallest absolute Gasteiger partial charge is 0.271 e. The predicted octanol–water partition coefficient (Wildman–Crippen LogP) is 0.0396. The van der Waals surface area contributed by atoms with Gasteiger partial charge in [-0.15, -0.1) is 5.10 Å². The largest absolute Gasteiger partial charge is 0.344 e. The van der Waals surface area contributed by atoms with Gasteiger partial charge in [-0.1, -0.05) is 5.21 Å². The summed E-state index contributed by atoms with van der Waals surface area (Å²) in [4.78, 5) is 11.9. The first-order valence-electron chi connectivity index (χ1n) is 5.22. The third kappa shape index (κ3) is 2.32. The number of hydrogen-bond donors (Lipinski definition) is 1. The highest BCUT2D eigenvalue weighted by Gasteiger charge is 2.15. The van der Waals surface area contributed by atoms with Gasteiger partial charge in [-0.2, -0.15) is 5.10 Å². The predicted molar refractivity (Wildman–Crippen MR) is 60.1 cm³/mol. The second-order valence-corrected chi connectivity index (χ2v) is 3.89. The van der Waals surface area contributed by atoms with Crippen LogP contribution in [0.5, 0.6) is 0 Å². The number of nitrogens with zero attached hydrogens (tertiary/aromatic N) is 5. The first-order valence-corrected chi connectivity index (χ1v) is 5.22.